The number of anilines is 1. The second-order valence-electron chi connectivity index (χ2n) is 11.2. The van der Waals surface area contributed by atoms with Crippen molar-refractivity contribution in [1.82, 2.24) is 19.0 Å². The number of pyridine rings is 1. The van der Waals surface area contributed by atoms with E-state index in [9.17, 15) is 14.9 Å². The van der Waals surface area contributed by atoms with E-state index in [1.54, 1.807) is 26.3 Å². The summed E-state index contributed by atoms with van der Waals surface area (Å²) in [5, 5.41) is 9.79. The van der Waals surface area contributed by atoms with E-state index in [1.165, 1.54) is 0 Å². The summed E-state index contributed by atoms with van der Waals surface area (Å²) < 4.78 is 9.22. The summed E-state index contributed by atoms with van der Waals surface area (Å²) in [4.78, 5) is 33.5. The third-order valence-electron chi connectivity index (χ3n) is 8.27. The van der Waals surface area contributed by atoms with Gasteiger partial charge >= 0.3 is 5.69 Å². The van der Waals surface area contributed by atoms with Gasteiger partial charge in [-0.05, 0) is 73.6 Å². The van der Waals surface area contributed by atoms with Crippen molar-refractivity contribution in [3.63, 3.8) is 0 Å². The van der Waals surface area contributed by atoms with Crippen molar-refractivity contribution in [1.29, 1.82) is 5.26 Å². The molecule has 1 saturated carbocycles. The SMILES string of the molecule is CC1(C=C(C#N)C(=O)N2CCC[C@@H](n3c(=O)n(-c4ccc(Oc5ccccc5)cc4)c4c(N)nccc43)C2)CCC1. The number of carbonyl (C=O) groups is 1. The maximum atomic E-state index is 14.1. The van der Waals surface area contributed by atoms with Gasteiger partial charge in [0.05, 0.1) is 17.2 Å². The lowest BCUT2D eigenvalue weighted by Gasteiger charge is -2.37. The average molecular weight is 549 g/mol. The highest BCUT2D eigenvalue weighted by Crippen LogP contribution is 2.42. The van der Waals surface area contributed by atoms with Crippen LogP contribution in [0.25, 0.3) is 16.7 Å². The number of para-hydroxylation sites is 1. The molecule has 41 heavy (non-hydrogen) atoms. The summed E-state index contributed by atoms with van der Waals surface area (Å²) in [6, 6.07) is 20.4. The molecule has 1 aliphatic carbocycles. The standard InChI is InChI=1S/C32H32N6O3/c1-32(15-6-16-32)19-22(20-33)30(39)36-18-5-7-24(21-36)37-27-14-17-35-29(34)28(27)38(31(37)40)23-10-12-26(13-11-23)41-25-8-3-2-4-9-25/h2-4,8-14,17,19,24H,5-7,15-16,18,21H2,1H3,(H2,34,35)/t24-/m1/s1. The van der Waals surface area contributed by atoms with E-state index in [2.05, 4.69) is 18.0 Å². The predicted octanol–water partition coefficient (Wildman–Crippen LogP) is 5.37. The van der Waals surface area contributed by atoms with Crippen molar-refractivity contribution in [2.75, 3.05) is 18.8 Å². The van der Waals surface area contributed by atoms with Gasteiger partial charge in [-0.15, -0.1) is 0 Å². The second-order valence-corrected chi connectivity index (χ2v) is 11.2. The van der Waals surface area contributed by atoms with Crippen molar-refractivity contribution in [2.45, 2.75) is 45.1 Å². The highest BCUT2D eigenvalue weighted by atomic mass is 16.5. The van der Waals surface area contributed by atoms with Gasteiger partial charge in [0.25, 0.3) is 5.91 Å². The van der Waals surface area contributed by atoms with Crippen LogP contribution in [0.1, 0.15) is 45.1 Å². The van der Waals surface area contributed by atoms with Crippen LogP contribution in [0.3, 0.4) is 0 Å². The number of aromatic nitrogens is 3. The molecule has 0 bridgehead atoms. The minimum Gasteiger partial charge on any atom is -0.457 e. The summed E-state index contributed by atoms with van der Waals surface area (Å²) in [5.74, 6) is 1.34. The summed E-state index contributed by atoms with van der Waals surface area (Å²) in [5.41, 5.74) is 7.98. The number of amides is 1. The van der Waals surface area contributed by atoms with Crippen LogP contribution in [0.4, 0.5) is 5.82 Å². The van der Waals surface area contributed by atoms with Crippen LogP contribution in [0.2, 0.25) is 0 Å². The Morgan fingerprint density at radius 3 is 2.51 bits per heavy atom. The summed E-state index contributed by atoms with van der Waals surface area (Å²) in [6.07, 6.45) is 7.96. The molecule has 1 aliphatic heterocycles. The fourth-order valence-electron chi connectivity index (χ4n) is 5.96. The van der Waals surface area contributed by atoms with Crippen LogP contribution < -0.4 is 16.2 Å². The van der Waals surface area contributed by atoms with Crippen LogP contribution in [-0.4, -0.2) is 38.0 Å². The molecule has 2 aliphatic rings. The smallest absolute Gasteiger partial charge is 0.334 e. The predicted molar refractivity (Wildman–Crippen MR) is 157 cm³/mol. The van der Waals surface area contributed by atoms with E-state index in [0.29, 0.717) is 35.6 Å². The number of nitrogens with two attached hydrogens (primary N) is 1. The third kappa shape index (κ3) is 4.97. The molecule has 2 aromatic heterocycles. The van der Waals surface area contributed by atoms with Crippen LogP contribution in [0, 0.1) is 16.7 Å². The van der Waals surface area contributed by atoms with Gasteiger partial charge in [0.2, 0.25) is 0 Å². The normalized spacial score (nSPS) is 18.5. The van der Waals surface area contributed by atoms with E-state index in [0.717, 1.165) is 37.9 Å². The number of likely N-dealkylation sites (tertiary alicyclic amines) is 1. The first-order valence-electron chi connectivity index (χ1n) is 14.0. The number of hydrogen-bond donors (Lipinski definition) is 1. The molecular formula is C32H32N6O3. The van der Waals surface area contributed by atoms with Crippen LogP contribution >= 0.6 is 0 Å². The number of allylic oxidation sites excluding steroid dienone is 1. The molecule has 208 valence electrons. The third-order valence-corrected chi connectivity index (χ3v) is 8.27. The molecule has 2 fully saturated rings. The lowest BCUT2D eigenvalue weighted by molar-refractivity contribution is -0.128. The average Bonchev–Trinajstić information content (AvgIpc) is 3.28. The molecule has 2 N–H and O–H groups in total. The minimum absolute atomic E-state index is 0.0908. The fraction of sp³-hybridized carbons (Fsp3) is 0.312. The lowest BCUT2D eigenvalue weighted by atomic mass is 9.69. The largest absolute Gasteiger partial charge is 0.457 e. The molecule has 4 aromatic rings. The first kappa shape index (κ1) is 26.4. The first-order valence-corrected chi connectivity index (χ1v) is 14.0. The maximum Gasteiger partial charge on any atom is 0.334 e. The Balaban J connectivity index is 1.33. The number of piperidine rings is 1. The number of fused-ring (bicyclic) bond motifs is 1. The number of nitrogen functional groups attached to an aromatic ring is 1. The Bertz CT molecular complexity index is 1730. The van der Waals surface area contributed by atoms with Crippen molar-refractivity contribution in [3.8, 4) is 23.3 Å². The zero-order valence-electron chi connectivity index (χ0n) is 23.0. The molecule has 2 aromatic carbocycles. The van der Waals surface area contributed by atoms with Crippen LogP contribution in [0.15, 0.2) is 83.3 Å². The number of rotatable bonds is 6. The Morgan fingerprint density at radius 2 is 1.83 bits per heavy atom. The summed E-state index contributed by atoms with van der Waals surface area (Å²) in [6.45, 7) is 2.97. The van der Waals surface area contributed by atoms with Gasteiger partial charge in [-0.2, -0.15) is 5.26 Å². The number of carbonyl (C=O) groups excluding carboxylic acids is 1. The van der Waals surface area contributed by atoms with Gasteiger partial charge in [0.1, 0.15) is 34.5 Å². The molecule has 0 spiro atoms. The quantitative estimate of drug-likeness (QED) is 0.256. The maximum absolute atomic E-state index is 14.1. The topological polar surface area (TPSA) is 119 Å². The van der Waals surface area contributed by atoms with Gasteiger partial charge in [-0.3, -0.25) is 13.9 Å². The van der Waals surface area contributed by atoms with Gasteiger partial charge in [0.15, 0.2) is 0 Å². The molecule has 1 amide bonds. The van der Waals surface area contributed by atoms with Gasteiger partial charge in [-0.1, -0.05) is 37.6 Å². The molecular weight excluding hydrogens is 516 g/mol. The molecule has 0 radical (unpaired) electrons. The molecule has 6 rings (SSSR count). The van der Waals surface area contributed by atoms with Crippen molar-refractivity contribution in [3.05, 3.63) is 89.0 Å². The number of nitriles is 1. The molecule has 9 heteroatoms. The number of hydrogen-bond acceptors (Lipinski definition) is 6. The first-order chi connectivity index (χ1) is 19.9. The van der Waals surface area contributed by atoms with Crippen molar-refractivity contribution < 1.29 is 9.53 Å². The van der Waals surface area contributed by atoms with Crippen molar-refractivity contribution in [2.24, 2.45) is 5.41 Å². The number of ether oxygens (including phenoxy) is 1. The van der Waals surface area contributed by atoms with Gasteiger partial charge < -0.3 is 15.4 Å². The molecule has 9 nitrogen and oxygen atoms in total. The highest BCUT2D eigenvalue weighted by molar-refractivity contribution is 5.97. The van der Waals surface area contributed by atoms with E-state index < -0.39 is 0 Å². The Labute approximate surface area is 238 Å². The molecule has 0 unspecified atom stereocenters. The van der Waals surface area contributed by atoms with Crippen molar-refractivity contribution >= 4 is 22.8 Å². The highest BCUT2D eigenvalue weighted by Gasteiger charge is 2.34. The summed E-state index contributed by atoms with van der Waals surface area (Å²) >= 11 is 0. The molecule has 1 saturated heterocycles. The summed E-state index contributed by atoms with van der Waals surface area (Å²) in [7, 11) is 0. The zero-order chi connectivity index (χ0) is 28.6. The van der Waals surface area contributed by atoms with E-state index in [-0.39, 0.29) is 34.4 Å². The number of nitrogens with zero attached hydrogens (tertiary/aromatic N) is 5. The Hall–Kier alpha value is -4.84. The minimum atomic E-state index is -0.273. The van der Waals surface area contributed by atoms with Gasteiger partial charge in [0, 0.05) is 19.3 Å². The monoisotopic (exact) mass is 548 g/mol. The number of benzene rings is 2. The Morgan fingerprint density at radius 1 is 1.10 bits per heavy atom. The van der Waals surface area contributed by atoms with E-state index in [4.69, 9.17) is 10.5 Å². The lowest BCUT2D eigenvalue weighted by Crippen LogP contribution is -2.43. The van der Waals surface area contributed by atoms with E-state index in [1.807, 2.05) is 60.7 Å². The zero-order valence-corrected chi connectivity index (χ0v) is 23.0. The van der Waals surface area contributed by atoms with Crippen LogP contribution in [-0.2, 0) is 4.79 Å². The van der Waals surface area contributed by atoms with Crippen LogP contribution in [0.5, 0.6) is 11.5 Å². The second kappa shape index (κ2) is 10.6. The van der Waals surface area contributed by atoms with Gasteiger partial charge in [-0.25, -0.2) is 9.78 Å². The Kier molecular flexibility index (Phi) is 6.83. The molecule has 3 heterocycles. The molecule has 1 atom stereocenters. The fourth-order valence-corrected chi connectivity index (χ4v) is 5.96. The van der Waals surface area contributed by atoms with E-state index >= 15 is 0 Å². The number of imidazole rings is 1.